The number of halogens is 4. The van der Waals surface area contributed by atoms with Crippen LogP contribution in [-0.2, 0) is 27.5 Å². The smallest absolute Gasteiger partial charge is 0.338 e. The highest BCUT2D eigenvalue weighted by molar-refractivity contribution is 7.89. The Morgan fingerprint density at radius 1 is 1.10 bits per heavy atom. The van der Waals surface area contributed by atoms with E-state index in [1.807, 2.05) is 0 Å². The van der Waals surface area contributed by atoms with Crippen LogP contribution in [0.4, 0.5) is 17.6 Å². The summed E-state index contributed by atoms with van der Waals surface area (Å²) < 4.78 is 78.3. The van der Waals surface area contributed by atoms with E-state index in [1.54, 1.807) is 12.1 Å². The van der Waals surface area contributed by atoms with Crippen LogP contribution >= 0.6 is 0 Å². The zero-order chi connectivity index (χ0) is 21.2. The number of amides is 1. The number of nitrogens with zero attached hydrogens (tertiary/aromatic N) is 1. The second-order valence-electron chi connectivity index (χ2n) is 6.85. The molecule has 0 bridgehead atoms. The Balaban J connectivity index is 1.61. The average molecular weight is 430 g/mol. The maximum Gasteiger partial charge on any atom is 0.416 e. The van der Waals surface area contributed by atoms with Crippen molar-refractivity contribution in [1.82, 2.24) is 9.62 Å². The first-order valence-corrected chi connectivity index (χ1v) is 10.2. The normalized spacial score (nSPS) is 17.7. The fourth-order valence-corrected chi connectivity index (χ4v) is 4.27. The minimum atomic E-state index is -4.65. The SMILES string of the molecule is O=C1C[C@@H](CNS(=O)(=O)c2cccc(C(F)(F)F)c2)CN1Cc1ccc(F)cc1. The molecule has 0 radical (unpaired) electrons. The van der Waals surface area contributed by atoms with Crippen LogP contribution in [0.1, 0.15) is 17.5 Å². The Morgan fingerprint density at radius 3 is 2.45 bits per heavy atom. The second-order valence-corrected chi connectivity index (χ2v) is 8.62. The molecule has 1 fully saturated rings. The predicted molar refractivity (Wildman–Crippen MR) is 96.6 cm³/mol. The Labute approximate surface area is 165 Å². The molecule has 5 nitrogen and oxygen atoms in total. The Hall–Kier alpha value is -2.46. The van der Waals surface area contributed by atoms with E-state index < -0.39 is 26.7 Å². The van der Waals surface area contributed by atoms with Crippen LogP contribution in [0.25, 0.3) is 0 Å². The van der Waals surface area contributed by atoms with E-state index in [4.69, 9.17) is 0 Å². The molecule has 1 aliphatic rings. The molecule has 156 valence electrons. The molecule has 1 aliphatic heterocycles. The molecule has 29 heavy (non-hydrogen) atoms. The summed E-state index contributed by atoms with van der Waals surface area (Å²) in [6.45, 7) is 0.488. The number of hydrogen-bond acceptors (Lipinski definition) is 3. The second kappa shape index (κ2) is 8.11. The zero-order valence-electron chi connectivity index (χ0n) is 15.1. The molecule has 2 aromatic rings. The summed E-state index contributed by atoms with van der Waals surface area (Å²) in [5.74, 6) is -0.871. The van der Waals surface area contributed by atoms with Gasteiger partial charge in [-0.3, -0.25) is 4.79 Å². The fraction of sp³-hybridized carbons (Fsp3) is 0.316. The number of alkyl halides is 3. The van der Waals surface area contributed by atoms with Gasteiger partial charge in [0.15, 0.2) is 0 Å². The quantitative estimate of drug-likeness (QED) is 0.716. The van der Waals surface area contributed by atoms with Gasteiger partial charge >= 0.3 is 6.18 Å². The van der Waals surface area contributed by atoms with Crippen LogP contribution in [0.3, 0.4) is 0 Å². The third-order valence-electron chi connectivity index (χ3n) is 4.61. The van der Waals surface area contributed by atoms with Crippen LogP contribution in [0, 0.1) is 11.7 Å². The molecule has 1 amide bonds. The van der Waals surface area contributed by atoms with Gasteiger partial charge in [-0.05, 0) is 41.8 Å². The van der Waals surface area contributed by atoms with E-state index >= 15 is 0 Å². The first kappa shape index (κ1) is 21.3. The van der Waals surface area contributed by atoms with Gasteiger partial charge in [-0.2, -0.15) is 13.2 Å². The molecule has 3 rings (SSSR count). The van der Waals surface area contributed by atoms with E-state index in [9.17, 15) is 30.8 Å². The van der Waals surface area contributed by atoms with Gasteiger partial charge in [-0.25, -0.2) is 17.5 Å². The van der Waals surface area contributed by atoms with Gasteiger partial charge < -0.3 is 4.90 Å². The first-order valence-electron chi connectivity index (χ1n) is 8.74. The molecule has 0 aliphatic carbocycles. The zero-order valence-corrected chi connectivity index (χ0v) is 15.9. The maximum absolute atomic E-state index is 13.0. The van der Waals surface area contributed by atoms with Crippen LogP contribution in [0.5, 0.6) is 0 Å². The van der Waals surface area contributed by atoms with Crippen LogP contribution < -0.4 is 4.72 Å². The number of nitrogens with one attached hydrogen (secondary N) is 1. The van der Waals surface area contributed by atoms with Crippen molar-refractivity contribution in [3.63, 3.8) is 0 Å². The van der Waals surface area contributed by atoms with Crippen molar-refractivity contribution in [1.29, 1.82) is 0 Å². The number of carbonyl (C=O) groups is 1. The summed E-state index contributed by atoms with van der Waals surface area (Å²) in [4.78, 5) is 13.2. The lowest BCUT2D eigenvalue weighted by Gasteiger charge is -2.17. The molecule has 0 unspecified atom stereocenters. The molecular formula is C19H18F4N2O3S. The molecular weight excluding hydrogens is 412 g/mol. The van der Waals surface area contributed by atoms with Gasteiger partial charge in [0.2, 0.25) is 15.9 Å². The number of likely N-dealkylation sites (tertiary alicyclic amines) is 1. The lowest BCUT2D eigenvalue weighted by molar-refractivity contribution is -0.137. The number of hydrogen-bond donors (Lipinski definition) is 1. The Morgan fingerprint density at radius 2 is 1.79 bits per heavy atom. The monoisotopic (exact) mass is 430 g/mol. The van der Waals surface area contributed by atoms with Crippen molar-refractivity contribution in [2.75, 3.05) is 13.1 Å². The Kier molecular flexibility index (Phi) is 5.95. The summed E-state index contributed by atoms with van der Waals surface area (Å²) >= 11 is 0. The van der Waals surface area contributed by atoms with E-state index in [1.165, 1.54) is 17.0 Å². The number of sulfonamides is 1. The molecule has 10 heteroatoms. The van der Waals surface area contributed by atoms with Crippen molar-refractivity contribution in [2.45, 2.75) is 24.0 Å². The Bertz CT molecular complexity index is 991. The summed E-state index contributed by atoms with van der Waals surface area (Å²) in [7, 11) is -4.15. The number of rotatable bonds is 6. The minimum absolute atomic E-state index is 0.0791. The van der Waals surface area contributed by atoms with Crippen molar-refractivity contribution in [2.24, 2.45) is 5.92 Å². The average Bonchev–Trinajstić information content (AvgIpc) is 3.01. The van der Waals surface area contributed by atoms with Gasteiger partial charge in [0, 0.05) is 26.1 Å². The van der Waals surface area contributed by atoms with Gasteiger partial charge in [0.1, 0.15) is 5.82 Å². The van der Waals surface area contributed by atoms with E-state index in [0.29, 0.717) is 12.6 Å². The highest BCUT2D eigenvalue weighted by atomic mass is 32.2. The fourth-order valence-electron chi connectivity index (χ4n) is 3.10. The molecule has 1 atom stereocenters. The van der Waals surface area contributed by atoms with Gasteiger partial charge in [-0.1, -0.05) is 18.2 Å². The van der Waals surface area contributed by atoms with Crippen molar-refractivity contribution in [3.05, 3.63) is 65.5 Å². The highest BCUT2D eigenvalue weighted by Gasteiger charge is 2.33. The molecule has 0 aromatic heterocycles. The van der Waals surface area contributed by atoms with E-state index in [-0.39, 0.29) is 37.2 Å². The third kappa shape index (κ3) is 5.33. The third-order valence-corrected chi connectivity index (χ3v) is 6.04. The standard InChI is InChI=1S/C19H18F4N2O3S/c20-16-6-4-13(5-7-16)11-25-12-14(8-18(25)26)10-24-29(27,28)17-3-1-2-15(9-17)19(21,22)23/h1-7,9,14,24H,8,10-12H2/t14-/m0/s1. The lowest BCUT2D eigenvalue weighted by Crippen LogP contribution is -2.31. The van der Waals surface area contributed by atoms with Crippen molar-refractivity contribution >= 4 is 15.9 Å². The summed E-state index contributed by atoms with van der Waals surface area (Å²) in [5.41, 5.74) is -0.313. The van der Waals surface area contributed by atoms with Crippen LogP contribution in [0.15, 0.2) is 53.4 Å². The highest BCUT2D eigenvalue weighted by Crippen LogP contribution is 2.30. The van der Waals surface area contributed by atoms with Gasteiger partial charge in [0.25, 0.3) is 0 Å². The summed E-state index contributed by atoms with van der Waals surface area (Å²) in [6, 6.07) is 9.18. The van der Waals surface area contributed by atoms with E-state index in [2.05, 4.69) is 4.72 Å². The van der Waals surface area contributed by atoms with Crippen LogP contribution in [-0.4, -0.2) is 32.3 Å². The minimum Gasteiger partial charge on any atom is -0.338 e. The van der Waals surface area contributed by atoms with E-state index in [0.717, 1.165) is 23.8 Å². The molecule has 0 spiro atoms. The largest absolute Gasteiger partial charge is 0.416 e. The summed E-state index contributed by atoms with van der Waals surface area (Å²) in [5, 5.41) is 0. The molecule has 1 N–H and O–H groups in total. The molecule has 1 heterocycles. The first-order chi connectivity index (χ1) is 13.5. The molecule has 0 saturated carbocycles. The lowest BCUT2D eigenvalue weighted by atomic mass is 10.1. The van der Waals surface area contributed by atoms with Crippen molar-refractivity contribution in [3.8, 4) is 0 Å². The van der Waals surface area contributed by atoms with Crippen LogP contribution in [0.2, 0.25) is 0 Å². The van der Waals surface area contributed by atoms with Gasteiger partial charge in [-0.15, -0.1) is 0 Å². The van der Waals surface area contributed by atoms with Gasteiger partial charge in [0.05, 0.1) is 10.5 Å². The maximum atomic E-state index is 13.0. The number of carbonyl (C=O) groups excluding carboxylic acids is 1. The predicted octanol–water partition coefficient (Wildman–Crippen LogP) is 3.17. The van der Waals surface area contributed by atoms with Crippen molar-refractivity contribution < 1.29 is 30.8 Å². The topological polar surface area (TPSA) is 66.5 Å². The molecule has 2 aromatic carbocycles. The number of benzene rings is 2. The summed E-state index contributed by atoms with van der Waals surface area (Å²) in [6.07, 6.45) is -4.53. The molecule has 1 saturated heterocycles.